The summed E-state index contributed by atoms with van der Waals surface area (Å²) in [7, 11) is 5.24. The van der Waals surface area contributed by atoms with E-state index in [1.165, 1.54) is 6.42 Å². The fourth-order valence-corrected chi connectivity index (χ4v) is 5.03. The summed E-state index contributed by atoms with van der Waals surface area (Å²) in [6.07, 6.45) is 3.37. The van der Waals surface area contributed by atoms with Crippen molar-refractivity contribution in [3.05, 3.63) is 41.2 Å². The van der Waals surface area contributed by atoms with Gasteiger partial charge in [-0.25, -0.2) is 0 Å². The van der Waals surface area contributed by atoms with Gasteiger partial charge in [0.1, 0.15) is 0 Å². The summed E-state index contributed by atoms with van der Waals surface area (Å²) in [5.74, 6) is 1.64. The molecule has 1 spiro atoms. The van der Waals surface area contributed by atoms with E-state index in [4.69, 9.17) is 9.47 Å². The van der Waals surface area contributed by atoms with E-state index < -0.39 is 0 Å². The zero-order valence-corrected chi connectivity index (χ0v) is 18.5. The fraction of sp³-hybridized carbons (Fsp3) is 0.565. The lowest BCUT2D eigenvalue weighted by molar-refractivity contribution is 0.0668. The molecule has 7 nitrogen and oxygen atoms in total. The van der Waals surface area contributed by atoms with Crippen molar-refractivity contribution in [2.24, 2.45) is 12.5 Å². The molecule has 2 saturated heterocycles. The van der Waals surface area contributed by atoms with E-state index in [1.54, 1.807) is 18.9 Å². The van der Waals surface area contributed by atoms with Gasteiger partial charge >= 0.3 is 0 Å². The third kappa shape index (κ3) is 3.90. The minimum absolute atomic E-state index is 0.0576. The number of aryl methyl sites for hydroxylation is 2. The highest BCUT2D eigenvalue weighted by atomic mass is 16.5. The highest BCUT2D eigenvalue weighted by Gasteiger charge is 2.43. The largest absolute Gasteiger partial charge is 0.493 e. The summed E-state index contributed by atoms with van der Waals surface area (Å²) in [6.45, 7) is 6.49. The lowest BCUT2D eigenvalue weighted by atomic mass is 9.79. The third-order valence-electron chi connectivity index (χ3n) is 6.68. The molecular weight excluding hydrogens is 380 g/mol. The Morgan fingerprint density at radius 1 is 1.17 bits per heavy atom. The van der Waals surface area contributed by atoms with Gasteiger partial charge in [-0.05, 0) is 44.9 Å². The smallest absolute Gasteiger partial charge is 0.274 e. The quantitative estimate of drug-likeness (QED) is 0.756. The van der Waals surface area contributed by atoms with Crippen molar-refractivity contribution < 1.29 is 14.3 Å². The number of likely N-dealkylation sites (tertiary alicyclic amines) is 2. The minimum Gasteiger partial charge on any atom is -0.493 e. The molecule has 0 bridgehead atoms. The van der Waals surface area contributed by atoms with Gasteiger partial charge < -0.3 is 14.4 Å². The first-order valence-corrected chi connectivity index (χ1v) is 10.7. The molecule has 2 fully saturated rings. The predicted octanol–water partition coefficient (Wildman–Crippen LogP) is 2.87. The Balaban J connectivity index is 1.45. The fourth-order valence-electron chi connectivity index (χ4n) is 5.03. The SMILES string of the molecule is COc1cccc(CN2CCC[C@]3(CCN(C(=O)c4cc(C)n(C)n4)C3)C2)c1OC. The van der Waals surface area contributed by atoms with Crippen LogP contribution >= 0.6 is 0 Å². The first-order chi connectivity index (χ1) is 14.4. The molecule has 162 valence electrons. The van der Waals surface area contributed by atoms with Crippen LogP contribution in [0.3, 0.4) is 0 Å². The highest BCUT2D eigenvalue weighted by Crippen LogP contribution is 2.40. The van der Waals surface area contributed by atoms with Crippen LogP contribution in [0.1, 0.15) is 41.0 Å². The van der Waals surface area contributed by atoms with Crippen molar-refractivity contribution in [1.82, 2.24) is 19.6 Å². The van der Waals surface area contributed by atoms with E-state index in [0.29, 0.717) is 5.69 Å². The van der Waals surface area contributed by atoms with Crippen LogP contribution in [0.2, 0.25) is 0 Å². The van der Waals surface area contributed by atoms with Gasteiger partial charge in [-0.1, -0.05) is 12.1 Å². The normalized spacial score (nSPS) is 21.9. The second-order valence-corrected chi connectivity index (χ2v) is 8.74. The molecule has 2 aliphatic heterocycles. The predicted molar refractivity (Wildman–Crippen MR) is 115 cm³/mol. The van der Waals surface area contributed by atoms with E-state index in [1.807, 2.05) is 37.1 Å². The zero-order valence-electron chi connectivity index (χ0n) is 18.5. The number of methoxy groups -OCH3 is 2. The van der Waals surface area contributed by atoms with E-state index in [9.17, 15) is 4.79 Å². The number of piperidine rings is 1. The van der Waals surface area contributed by atoms with E-state index in [2.05, 4.69) is 16.1 Å². The van der Waals surface area contributed by atoms with Gasteiger partial charge in [0.2, 0.25) is 0 Å². The molecule has 1 atom stereocenters. The number of carbonyl (C=O) groups excluding carboxylic acids is 1. The second-order valence-electron chi connectivity index (χ2n) is 8.74. The Morgan fingerprint density at radius 2 is 2.00 bits per heavy atom. The van der Waals surface area contributed by atoms with Gasteiger partial charge in [0, 0.05) is 49.9 Å². The maximum absolute atomic E-state index is 13.0. The first-order valence-electron chi connectivity index (χ1n) is 10.7. The Bertz CT molecular complexity index is 906. The molecule has 2 aromatic rings. The summed E-state index contributed by atoms with van der Waals surface area (Å²) in [4.78, 5) is 17.5. The van der Waals surface area contributed by atoms with E-state index in [-0.39, 0.29) is 11.3 Å². The third-order valence-corrected chi connectivity index (χ3v) is 6.68. The monoisotopic (exact) mass is 412 g/mol. The van der Waals surface area contributed by atoms with Crippen molar-refractivity contribution in [1.29, 1.82) is 0 Å². The molecule has 0 N–H and O–H groups in total. The Morgan fingerprint density at radius 3 is 2.70 bits per heavy atom. The molecular formula is C23H32N4O3. The first kappa shape index (κ1) is 20.7. The summed E-state index contributed by atoms with van der Waals surface area (Å²) in [5, 5.41) is 4.38. The maximum atomic E-state index is 13.0. The average Bonchev–Trinajstić information content (AvgIpc) is 3.30. The van der Waals surface area contributed by atoms with Crippen molar-refractivity contribution in [2.45, 2.75) is 32.7 Å². The molecule has 0 saturated carbocycles. The maximum Gasteiger partial charge on any atom is 0.274 e. The summed E-state index contributed by atoms with van der Waals surface area (Å²) >= 11 is 0. The van der Waals surface area contributed by atoms with Gasteiger partial charge in [0.25, 0.3) is 5.91 Å². The van der Waals surface area contributed by atoms with Crippen LogP contribution in [0.5, 0.6) is 11.5 Å². The van der Waals surface area contributed by atoms with E-state index in [0.717, 1.165) is 68.3 Å². The molecule has 2 aliphatic rings. The standard InChI is InChI=1S/C23H32N4O3/c1-17-13-19(24-25(17)2)22(28)27-12-10-23(16-27)9-6-11-26(15-23)14-18-7-5-8-20(29-3)21(18)30-4/h5,7-8,13H,6,9-12,14-16H2,1-4H3/t23-/m0/s1. The van der Waals surface area contributed by atoms with Crippen LogP contribution in [-0.4, -0.2) is 65.9 Å². The van der Waals surface area contributed by atoms with Crippen molar-refractivity contribution in [3.8, 4) is 11.5 Å². The molecule has 0 radical (unpaired) electrons. The Kier molecular flexibility index (Phi) is 5.73. The van der Waals surface area contributed by atoms with Gasteiger partial charge in [-0.2, -0.15) is 5.10 Å². The zero-order chi connectivity index (χ0) is 21.3. The average molecular weight is 413 g/mol. The molecule has 0 aliphatic carbocycles. The number of para-hydroxylation sites is 1. The Hall–Kier alpha value is -2.54. The number of hydrogen-bond acceptors (Lipinski definition) is 5. The van der Waals surface area contributed by atoms with Gasteiger partial charge in [0.05, 0.1) is 14.2 Å². The van der Waals surface area contributed by atoms with Crippen LogP contribution in [0.15, 0.2) is 24.3 Å². The molecule has 1 aromatic carbocycles. The summed E-state index contributed by atoms with van der Waals surface area (Å²) in [6, 6.07) is 7.94. The van der Waals surface area contributed by atoms with Crippen LogP contribution in [0.25, 0.3) is 0 Å². The molecule has 0 unspecified atom stereocenters. The Labute approximate surface area is 178 Å². The summed E-state index contributed by atoms with van der Waals surface area (Å²) < 4.78 is 12.8. The van der Waals surface area contributed by atoms with Crippen LogP contribution in [0.4, 0.5) is 0 Å². The van der Waals surface area contributed by atoms with Crippen molar-refractivity contribution in [3.63, 3.8) is 0 Å². The van der Waals surface area contributed by atoms with Crippen LogP contribution in [-0.2, 0) is 13.6 Å². The van der Waals surface area contributed by atoms with Crippen molar-refractivity contribution >= 4 is 5.91 Å². The number of carbonyl (C=O) groups is 1. The number of aromatic nitrogens is 2. The second kappa shape index (κ2) is 8.30. The van der Waals surface area contributed by atoms with Crippen LogP contribution in [0, 0.1) is 12.3 Å². The lowest BCUT2D eigenvalue weighted by Crippen LogP contribution is -2.45. The minimum atomic E-state index is 0.0576. The highest BCUT2D eigenvalue weighted by molar-refractivity contribution is 5.92. The van der Waals surface area contributed by atoms with Crippen molar-refractivity contribution in [2.75, 3.05) is 40.4 Å². The molecule has 3 heterocycles. The number of ether oxygens (including phenoxy) is 2. The van der Waals surface area contributed by atoms with Gasteiger partial charge in [0.15, 0.2) is 17.2 Å². The van der Waals surface area contributed by atoms with Crippen LogP contribution < -0.4 is 9.47 Å². The molecule has 4 rings (SSSR count). The molecule has 1 aromatic heterocycles. The number of amides is 1. The lowest BCUT2D eigenvalue weighted by Gasteiger charge is -2.40. The topological polar surface area (TPSA) is 59.8 Å². The summed E-state index contributed by atoms with van der Waals surface area (Å²) in [5.41, 5.74) is 2.87. The number of benzene rings is 1. The number of rotatable bonds is 5. The van der Waals surface area contributed by atoms with E-state index >= 15 is 0 Å². The number of nitrogens with zero attached hydrogens (tertiary/aromatic N) is 4. The van der Waals surface area contributed by atoms with Gasteiger partial charge in [-0.15, -0.1) is 0 Å². The number of hydrogen-bond donors (Lipinski definition) is 0. The molecule has 30 heavy (non-hydrogen) atoms. The molecule has 1 amide bonds. The molecule has 7 heteroatoms. The van der Waals surface area contributed by atoms with Gasteiger partial charge in [-0.3, -0.25) is 14.4 Å².